The van der Waals surface area contributed by atoms with Crippen molar-refractivity contribution < 1.29 is 28.6 Å². The number of fused-ring (bicyclic) bond motifs is 1. The van der Waals surface area contributed by atoms with E-state index in [1.165, 1.54) is 0 Å². The number of benzene rings is 1. The summed E-state index contributed by atoms with van der Waals surface area (Å²) in [5.41, 5.74) is 2.35. The topological polar surface area (TPSA) is 82.6 Å². The van der Waals surface area contributed by atoms with Gasteiger partial charge in [-0.2, -0.15) is 5.06 Å². The van der Waals surface area contributed by atoms with Crippen molar-refractivity contribution in [3.8, 4) is 11.5 Å². The Morgan fingerprint density at radius 1 is 1.10 bits per heavy atom. The van der Waals surface area contributed by atoms with Gasteiger partial charge in [0.2, 0.25) is 0 Å². The van der Waals surface area contributed by atoms with Crippen LogP contribution in [0.3, 0.4) is 0 Å². The maximum absolute atomic E-state index is 12.9. The van der Waals surface area contributed by atoms with Gasteiger partial charge in [0.25, 0.3) is 5.91 Å². The molecule has 4 rings (SSSR count). The number of aromatic nitrogens is 1. The number of methoxy groups -OCH3 is 1. The molecule has 1 fully saturated rings. The second kappa shape index (κ2) is 13.1. The Kier molecular flexibility index (Phi) is 9.84. The summed E-state index contributed by atoms with van der Waals surface area (Å²) in [6.45, 7) is 13.1. The van der Waals surface area contributed by atoms with E-state index in [1.54, 1.807) is 24.3 Å². The van der Waals surface area contributed by atoms with Crippen LogP contribution in [0.15, 0.2) is 42.6 Å². The summed E-state index contributed by atoms with van der Waals surface area (Å²) in [4.78, 5) is 25.2. The van der Waals surface area contributed by atoms with Gasteiger partial charge in [0.1, 0.15) is 22.8 Å². The monoisotopic (exact) mass is 553 g/mol. The van der Waals surface area contributed by atoms with Gasteiger partial charge in [-0.15, -0.1) is 0 Å². The van der Waals surface area contributed by atoms with E-state index < -0.39 is 5.60 Å². The Labute approximate surface area is 238 Å². The van der Waals surface area contributed by atoms with E-state index in [9.17, 15) is 4.79 Å². The highest BCUT2D eigenvalue weighted by molar-refractivity contribution is 5.93. The summed E-state index contributed by atoms with van der Waals surface area (Å²) in [5, 5.41) is 1.97. The average Bonchev–Trinajstić information content (AvgIpc) is 3.13. The minimum atomic E-state index is -0.527. The van der Waals surface area contributed by atoms with E-state index in [2.05, 4.69) is 11.1 Å². The molecule has 9 heteroatoms. The minimum absolute atomic E-state index is 0.0715. The van der Waals surface area contributed by atoms with Gasteiger partial charge in [-0.25, -0.2) is 0 Å². The molecule has 0 saturated carbocycles. The average molecular weight is 554 g/mol. The summed E-state index contributed by atoms with van der Waals surface area (Å²) in [5.74, 6) is 1.35. The summed E-state index contributed by atoms with van der Waals surface area (Å²) in [6, 6.07) is 9.58. The molecule has 1 amide bonds. The molecule has 1 unspecified atom stereocenters. The lowest BCUT2D eigenvalue weighted by atomic mass is 9.84. The van der Waals surface area contributed by atoms with Gasteiger partial charge in [0.05, 0.1) is 11.2 Å². The van der Waals surface area contributed by atoms with E-state index in [4.69, 9.17) is 23.8 Å². The fourth-order valence-corrected chi connectivity index (χ4v) is 5.03. The Morgan fingerprint density at radius 3 is 2.58 bits per heavy atom. The second-order valence-electron chi connectivity index (χ2n) is 11.1. The molecular formula is C31H43N3O6. The molecule has 0 N–H and O–H groups in total. The molecule has 1 atom stereocenters. The lowest BCUT2D eigenvalue weighted by Crippen LogP contribution is -2.38. The van der Waals surface area contributed by atoms with Gasteiger partial charge in [0, 0.05) is 51.5 Å². The highest BCUT2D eigenvalue weighted by atomic mass is 16.8. The molecule has 2 aliphatic heterocycles. The largest absolute Gasteiger partial charge is 0.482 e. The normalized spacial score (nSPS) is 19.4. The lowest BCUT2D eigenvalue weighted by Gasteiger charge is -2.37. The van der Waals surface area contributed by atoms with Gasteiger partial charge in [-0.05, 0) is 77.3 Å². The maximum atomic E-state index is 12.9. The fraction of sp³-hybridized carbons (Fsp3) is 0.548. The number of hydrogen-bond donors (Lipinski definition) is 0. The number of amides is 1. The van der Waals surface area contributed by atoms with Crippen molar-refractivity contribution in [2.75, 3.05) is 46.9 Å². The van der Waals surface area contributed by atoms with Crippen LogP contribution in [0.5, 0.6) is 11.5 Å². The van der Waals surface area contributed by atoms with Crippen molar-refractivity contribution in [3.05, 3.63) is 59.4 Å². The summed E-state index contributed by atoms with van der Waals surface area (Å²) < 4.78 is 23.7. The summed E-state index contributed by atoms with van der Waals surface area (Å²) >= 11 is 0. The predicted molar refractivity (Wildman–Crippen MR) is 153 cm³/mol. The first kappa shape index (κ1) is 30.0. The van der Waals surface area contributed by atoms with Crippen LogP contribution in [0.2, 0.25) is 0 Å². The smallest absolute Gasteiger partial charge is 0.272 e. The first-order valence-corrected chi connectivity index (χ1v) is 14.1. The standard InChI is InChI=1S/C31H43N3O6/c1-7-33(8-2)29(35)25-14-13-23(20-32-25)24-19-31(40-27-12-9-11-26(28(24)27)37-21-36-6)15-10-17-34(18-16-31)39-22-38-30(3,4)5/h9,11-14,19-20H,7-8,10,15-18,21-22H2,1-6H3. The van der Waals surface area contributed by atoms with Crippen LogP contribution in [0.4, 0.5) is 0 Å². The van der Waals surface area contributed by atoms with Crippen molar-refractivity contribution in [1.29, 1.82) is 0 Å². The van der Waals surface area contributed by atoms with Gasteiger partial charge in [0.15, 0.2) is 13.6 Å². The molecule has 2 aliphatic rings. The van der Waals surface area contributed by atoms with E-state index in [1.807, 2.05) is 63.9 Å². The van der Waals surface area contributed by atoms with E-state index in [0.29, 0.717) is 31.1 Å². The Hall–Kier alpha value is -2.98. The number of carbonyl (C=O) groups is 1. The Morgan fingerprint density at radius 2 is 1.90 bits per heavy atom. The van der Waals surface area contributed by atoms with Crippen molar-refractivity contribution in [2.24, 2.45) is 0 Å². The van der Waals surface area contributed by atoms with E-state index in [0.717, 1.165) is 48.3 Å². The molecule has 1 aromatic carbocycles. The van der Waals surface area contributed by atoms with Gasteiger partial charge in [-0.3, -0.25) is 14.6 Å². The number of rotatable bonds is 10. The number of nitrogens with zero attached hydrogens (tertiary/aromatic N) is 3. The molecule has 1 spiro atoms. The highest BCUT2D eigenvalue weighted by Gasteiger charge is 2.39. The maximum Gasteiger partial charge on any atom is 0.272 e. The van der Waals surface area contributed by atoms with Gasteiger partial charge < -0.3 is 23.8 Å². The molecule has 2 aromatic rings. The minimum Gasteiger partial charge on any atom is -0.482 e. The molecule has 40 heavy (non-hydrogen) atoms. The third kappa shape index (κ3) is 7.20. The highest BCUT2D eigenvalue weighted by Crippen LogP contribution is 2.47. The fourth-order valence-electron chi connectivity index (χ4n) is 5.03. The molecule has 0 bridgehead atoms. The second-order valence-corrected chi connectivity index (χ2v) is 11.1. The van der Waals surface area contributed by atoms with E-state index >= 15 is 0 Å². The van der Waals surface area contributed by atoms with Crippen molar-refractivity contribution in [3.63, 3.8) is 0 Å². The number of hydrogen-bond acceptors (Lipinski definition) is 8. The first-order valence-electron chi connectivity index (χ1n) is 14.1. The van der Waals surface area contributed by atoms with Crippen LogP contribution < -0.4 is 9.47 Å². The number of ether oxygens (including phenoxy) is 4. The third-order valence-corrected chi connectivity index (χ3v) is 7.17. The quantitative estimate of drug-likeness (QED) is 0.367. The Bertz CT molecular complexity index is 1170. The van der Waals surface area contributed by atoms with Crippen LogP contribution in [-0.4, -0.2) is 78.9 Å². The third-order valence-electron chi connectivity index (χ3n) is 7.17. The zero-order chi connectivity index (χ0) is 28.8. The van der Waals surface area contributed by atoms with Gasteiger partial charge in [-0.1, -0.05) is 12.1 Å². The number of carbonyl (C=O) groups excluding carboxylic acids is 1. The zero-order valence-electron chi connectivity index (χ0n) is 24.7. The van der Waals surface area contributed by atoms with Crippen LogP contribution in [-0.2, 0) is 14.3 Å². The van der Waals surface area contributed by atoms with Gasteiger partial charge >= 0.3 is 0 Å². The van der Waals surface area contributed by atoms with Crippen molar-refractivity contribution in [1.82, 2.24) is 14.9 Å². The van der Waals surface area contributed by atoms with Crippen LogP contribution in [0.1, 0.15) is 75.5 Å². The van der Waals surface area contributed by atoms with E-state index in [-0.39, 0.29) is 25.1 Å². The zero-order valence-corrected chi connectivity index (χ0v) is 24.7. The molecule has 218 valence electrons. The van der Waals surface area contributed by atoms with Crippen molar-refractivity contribution in [2.45, 2.75) is 65.1 Å². The molecule has 1 aromatic heterocycles. The van der Waals surface area contributed by atoms with Crippen LogP contribution in [0.25, 0.3) is 5.57 Å². The summed E-state index contributed by atoms with van der Waals surface area (Å²) in [7, 11) is 1.60. The van der Waals surface area contributed by atoms with Crippen LogP contribution in [0, 0.1) is 0 Å². The SMILES string of the molecule is CCN(CC)C(=O)c1ccc(C2=CC3(CCCN(OCOC(C)(C)C)CC3)Oc3cccc(OCOC)c32)cn1. The summed E-state index contributed by atoms with van der Waals surface area (Å²) in [6.07, 6.45) is 6.43. The first-order chi connectivity index (χ1) is 19.2. The molecule has 9 nitrogen and oxygen atoms in total. The number of pyridine rings is 1. The lowest BCUT2D eigenvalue weighted by molar-refractivity contribution is -0.246. The predicted octanol–water partition coefficient (Wildman–Crippen LogP) is 5.30. The Balaban J connectivity index is 1.65. The number of hydroxylamine groups is 2. The van der Waals surface area contributed by atoms with Crippen LogP contribution >= 0.6 is 0 Å². The molecule has 1 saturated heterocycles. The molecule has 3 heterocycles. The molecule has 0 radical (unpaired) electrons. The van der Waals surface area contributed by atoms with Crippen molar-refractivity contribution >= 4 is 11.5 Å². The molecular weight excluding hydrogens is 510 g/mol. The molecule has 0 aliphatic carbocycles.